The van der Waals surface area contributed by atoms with Crippen LogP contribution in [0.25, 0.3) is 0 Å². The number of halogens is 1. The lowest BCUT2D eigenvalue weighted by atomic mass is 9.90. The zero-order valence-electron chi connectivity index (χ0n) is 15.2. The van der Waals surface area contributed by atoms with Crippen molar-refractivity contribution in [3.05, 3.63) is 47.2 Å². The molecule has 1 fully saturated rings. The van der Waals surface area contributed by atoms with Crippen molar-refractivity contribution in [2.75, 3.05) is 13.1 Å². The maximum absolute atomic E-state index is 12.8. The minimum Gasteiger partial charge on any atom is -0.490 e. The van der Waals surface area contributed by atoms with Gasteiger partial charge in [-0.05, 0) is 25.1 Å². The average Bonchev–Trinajstić information content (AvgIpc) is 3.11. The number of benzene rings is 1. The molecule has 0 spiro atoms. The van der Waals surface area contributed by atoms with Crippen LogP contribution in [0, 0.1) is 5.92 Å². The summed E-state index contributed by atoms with van der Waals surface area (Å²) in [6, 6.07) is 7.14. The molecule has 1 aliphatic rings. The number of amides is 2. The Bertz CT molecular complexity index is 823. The van der Waals surface area contributed by atoms with E-state index in [0.717, 1.165) is 0 Å². The second-order valence-electron chi connectivity index (χ2n) is 6.67. The molecule has 7 nitrogen and oxygen atoms in total. The number of piperidine rings is 1. The molecular weight excluding hydrogens is 368 g/mol. The molecule has 144 valence electrons. The Kier molecular flexibility index (Phi) is 6.01. The molecule has 8 heteroatoms. The van der Waals surface area contributed by atoms with E-state index in [4.69, 9.17) is 22.1 Å². The molecule has 1 aromatic heterocycles. The van der Waals surface area contributed by atoms with Gasteiger partial charge in [0.1, 0.15) is 11.9 Å². The maximum atomic E-state index is 12.8. The molecule has 1 aromatic carbocycles. The average molecular weight is 391 g/mol. The molecular formula is C19H23ClN4O3. The lowest BCUT2D eigenvalue weighted by molar-refractivity contribution is -0.120. The Balaban J connectivity index is 1.71. The van der Waals surface area contributed by atoms with Gasteiger partial charge in [0.25, 0.3) is 5.91 Å². The van der Waals surface area contributed by atoms with Gasteiger partial charge in [-0.15, -0.1) is 0 Å². The largest absolute Gasteiger partial charge is 0.490 e. The monoisotopic (exact) mass is 390 g/mol. The van der Waals surface area contributed by atoms with Crippen molar-refractivity contribution in [1.29, 1.82) is 0 Å². The van der Waals surface area contributed by atoms with Crippen LogP contribution in [0.15, 0.2) is 36.7 Å². The zero-order chi connectivity index (χ0) is 19.4. The molecule has 1 saturated heterocycles. The first-order valence-electron chi connectivity index (χ1n) is 8.98. The topological polar surface area (TPSA) is 90.5 Å². The van der Waals surface area contributed by atoms with Gasteiger partial charge in [0, 0.05) is 49.6 Å². The second-order valence-corrected chi connectivity index (χ2v) is 7.11. The number of ether oxygens (including phenoxy) is 1. The summed E-state index contributed by atoms with van der Waals surface area (Å²) in [4.78, 5) is 26.0. The molecule has 2 N–H and O–H groups in total. The van der Waals surface area contributed by atoms with Crippen LogP contribution in [-0.4, -0.2) is 45.7 Å². The first kappa shape index (κ1) is 19.2. The summed E-state index contributed by atoms with van der Waals surface area (Å²) in [5.74, 6) is -0.0375. The number of hydrogen-bond acceptors (Lipinski definition) is 4. The molecule has 0 saturated carbocycles. The predicted octanol–water partition coefficient (Wildman–Crippen LogP) is 2.34. The summed E-state index contributed by atoms with van der Waals surface area (Å²) in [5.41, 5.74) is 5.97. The van der Waals surface area contributed by atoms with Crippen LogP contribution in [0.2, 0.25) is 5.02 Å². The number of hydrogen-bond donors (Lipinski definition) is 1. The van der Waals surface area contributed by atoms with Gasteiger partial charge in [-0.25, -0.2) is 0 Å². The van der Waals surface area contributed by atoms with Crippen LogP contribution >= 0.6 is 11.6 Å². The van der Waals surface area contributed by atoms with Crippen LogP contribution in [0.3, 0.4) is 0 Å². The molecule has 2 aromatic rings. The summed E-state index contributed by atoms with van der Waals surface area (Å²) in [7, 11) is 0. The van der Waals surface area contributed by atoms with Crippen molar-refractivity contribution in [3.63, 3.8) is 0 Å². The van der Waals surface area contributed by atoms with Crippen LogP contribution in [0.1, 0.15) is 30.1 Å². The molecule has 0 bridgehead atoms. The number of primary amides is 1. The molecule has 3 rings (SSSR count). The van der Waals surface area contributed by atoms with Gasteiger partial charge < -0.3 is 15.4 Å². The normalized spacial score (nSPS) is 19.7. The van der Waals surface area contributed by atoms with Gasteiger partial charge in [-0.2, -0.15) is 5.10 Å². The third-order valence-corrected chi connectivity index (χ3v) is 4.94. The Morgan fingerprint density at radius 2 is 2.22 bits per heavy atom. The van der Waals surface area contributed by atoms with Gasteiger partial charge in [0.2, 0.25) is 5.91 Å². The molecule has 0 unspecified atom stereocenters. The van der Waals surface area contributed by atoms with Gasteiger partial charge in [0.15, 0.2) is 0 Å². The minimum atomic E-state index is -0.409. The number of nitrogens with zero attached hydrogens (tertiary/aromatic N) is 3. The molecule has 0 radical (unpaired) electrons. The standard InChI is InChI=1S/C19H23ClN4O3/c1-2-24-12-14(10-22-24)19(26)23-7-6-17(13(11-23)8-18(21)25)27-16-5-3-4-15(20)9-16/h3-5,9-10,12-13,17H,2,6-8,11H2,1H3,(H2,21,25)/t13-,17-/m0/s1. The molecule has 27 heavy (non-hydrogen) atoms. The van der Waals surface area contributed by atoms with Crippen molar-refractivity contribution < 1.29 is 14.3 Å². The van der Waals surface area contributed by atoms with Gasteiger partial charge >= 0.3 is 0 Å². The van der Waals surface area contributed by atoms with Gasteiger partial charge in [-0.3, -0.25) is 14.3 Å². The summed E-state index contributed by atoms with van der Waals surface area (Å²) >= 11 is 6.01. The fourth-order valence-corrected chi connectivity index (χ4v) is 3.53. The van der Waals surface area contributed by atoms with E-state index in [1.165, 1.54) is 0 Å². The SMILES string of the molecule is CCn1cc(C(=O)N2CC[C@H](Oc3cccc(Cl)c3)[C@@H](CC(N)=O)C2)cn1. The number of aryl methyl sites for hydroxylation is 1. The summed E-state index contributed by atoms with van der Waals surface area (Å²) < 4.78 is 7.77. The molecule has 0 aliphatic carbocycles. The third-order valence-electron chi connectivity index (χ3n) is 4.70. The lowest BCUT2D eigenvalue weighted by Crippen LogP contribution is -2.49. The highest BCUT2D eigenvalue weighted by atomic mass is 35.5. The number of carbonyl (C=O) groups excluding carboxylic acids is 2. The van der Waals surface area contributed by atoms with E-state index < -0.39 is 5.91 Å². The van der Waals surface area contributed by atoms with E-state index in [9.17, 15) is 9.59 Å². The fraction of sp³-hybridized carbons (Fsp3) is 0.421. The zero-order valence-corrected chi connectivity index (χ0v) is 15.9. The van der Waals surface area contributed by atoms with Crippen molar-refractivity contribution in [3.8, 4) is 5.75 Å². The van der Waals surface area contributed by atoms with Gasteiger partial charge in [-0.1, -0.05) is 17.7 Å². The summed E-state index contributed by atoms with van der Waals surface area (Å²) in [6.07, 6.45) is 3.86. The quantitative estimate of drug-likeness (QED) is 0.819. The third kappa shape index (κ3) is 4.80. The fourth-order valence-electron chi connectivity index (χ4n) is 3.35. The van der Waals surface area contributed by atoms with E-state index in [1.807, 2.05) is 19.1 Å². The molecule has 2 amide bonds. The first-order chi connectivity index (χ1) is 13.0. The first-order valence-corrected chi connectivity index (χ1v) is 9.36. The van der Waals surface area contributed by atoms with Crippen LogP contribution in [0.4, 0.5) is 0 Å². The Hall–Kier alpha value is -2.54. The van der Waals surface area contributed by atoms with Crippen molar-refractivity contribution >= 4 is 23.4 Å². The van der Waals surface area contributed by atoms with Crippen molar-refractivity contribution in [2.45, 2.75) is 32.4 Å². The number of carbonyl (C=O) groups is 2. The summed E-state index contributed by atoms with van der Waals surface area (Å²) in [5, 5.41) is 4.74. The number of nitrogens with two attached hydrogens (primary N) is 1. The Morgan fingerprint density at radius 3 is 2.89 bits per heavy atom. The van der Waals surface area contributed by atoms with E-state index in [0.29, 0.717) is 42.4 Å². The van der Waals surface area contributed by atoms with E-state index in [-0.39, 0.29) is 24.3 Å². The lowest BCUT2D eigenvalue weighted by Gasteiger charge is -2.38. The van der Waals surface area contributed by atoms with Crippen molar-refractivity contribution in [1.82, 2.24) is 14.7 Å². The molecule has 2 heterocycles. The van der Waals surface area contributed by atoms with E-state index in [1.54, 1.807) is 34.1 Å². The Morgan fingerprint density at radius 1 is 1.41 bits per heavy atom. The number of likely N-dealkylation sites (tertiary alicyclic amines) is 1. The highest BCUT2D eigenvalue weighted by molar-refractivity contribution is 6.30. The Labute approximate surface area is 163 Å². The van der Waals surface area contributed by atoms with Crippen LogP contribution < -0.4 is 10.5 Å². The highest BCUT2D eigenvalue weighted by Gasteiger charge is 2.34. The van der Waals surface area contributed by atoms with Gasteiger partial charge in [0.05, 0.1) is 11.8 Å². The molecule has 1 aliphatic heterocycles. The van der Waals surface area contributed by atoms with Crippen LogP contribution in [-0.2, 0) is 11.3 Å². The van der Waals surface area contributed by atoms with E-state index in [2.05, 4.69) is 5.10 Å². The molecule has 2 atom stereocenters. The number of rotatable bonds is 6. The highest BCUT2D eigenvalue weighted by Crippen LogP contribution is 2.27. The second kappa shape index (κ2) is 8.43. The maximum Gasteiger partial charge on any atom is 0.257 e. The van der Waals surface area contributed by atoms with E-state index >= 15 is 0 Å². The number of aromatic nitrogens is 2. The van der Waals surface area contributed by atoms with Crippen LogP contribution in [0.5, 0.6) is 5.75 Å². The summed E-state index contributed by atoms with van der Waals surface area (Å²) in [6.45, 7) is 3.61. The van der Waals surface area contributed by atoms with Crippen molar-refractivity contribution in [2.24, 2.45) is 11.7 Å². The smallest absolute Gasteiger partial charge is 0.257 e. The predicted molar refractivity (Wildman–Crippen MR) is 102 cm³/mol. The minimum absolute atomic E-state index is 0.0922.